The summed E-state index contributed by atoms with van der Waals surface area (Å²) in [7, 11) is 1.45. The smallest absolute Gasteiger partial charge is 0.305 e. The molecule has 0 amide bonds. The second-order valence-corrected chi connectivity index (χ2v) is 8.89. The average Bonchev–Trinajstić information content (AvgIpc) is 2.34. The van der Waals surface area contributed by atoms with Gasteiger partial charge in [0.15, 0.2) is 0 Å². The number of esters is 1. The number of carbonyl (C=O) groups excluding carboxylic acids is 1. The molecule has 3 nitrogen and oxygen atoms in total. The highest BCUT2D eigenvalue weighted by Gasteiger charge is 2.45. The minimum atomic E-state index is -0.251. The van der Waals surface area contributed by atoms with E-state index in [2.05, 4.69) is 41.5 Å². The van der Waals surface area contributed by atoms with Crippen molar-refractivity contribution in [1.82, 2.24) is 0 Å². The standard InChI is InChI=1S/C18H34O3/c1-17(2,3)13-10-12(8-9-15(19)21-7)11-14(16(13)20)18(4,5)6/h12-14,16,20H,8-11H2,1-7H3. The fourth-order valence-electron chi connectivity index (χ4n) is 3.77. The van der Waals surface area contributed by atoms with E-state index < -0.39 is 0 Å². The van der Waals surface area contributed by atoms with Gasteiger partial charge in [-0.15, -0.1) is 0 Å². The molecule has 1 aliphatic rings. The zero-order valence-electron chi connectivity index (χ0n) is 14.9. The van der Waals surface area contributed by atoms with Gasteiger partial charge >= 0.3 is 5.97 Å². The van der Waals surface area contributed by atoms with Crippen LogP contribution in [0, 0.1) is 28.6 Å². The van der Waals surface area contributed by atoms with Crippen LogP contribution in [0.1, 0.15) is 67.2 Å². The molecule has 3 heteroatoms. The van der Waals surface area contributed by atoms with Crippen LogP contribution >= 0.6 is 0 Å². The first-order chi connectivity index (χ1) is 9.46. The van der Waals surface area contributed by atoms with Gasteiger partial charge < -0.3 is 9.84 Å². The van der Waals surface area contributed by atoms with Crippen molar-refractivity contribution in [3.63, 3.8) is 0 Å². The Balaban J connectivity index is 2.86. The number of hydrogen-bond acceptors (Lipinski definition) is 3. The van der Waals surface area contributed by atoms with E-state index in [1.807, 2.05) is 0 Å². The molecule has 1 aliphatic carbocycles. The van der Waals surface area contributed by atoms with Gasteiger partial charge in [0, 0.05) is 6.42 Å². The van der Waals surface area contributed by atoms with E-state index in [9.17, 15) is 9.90 Å². The summed E-state index contributed by atoms with van der Waals surface area (Å²) in [6, 6.07) is 0. The first kappa shape index (κ1) is 18.5. The molecule has 124 valence electrons. The Morgan fingerprint density at radius 3 is 1.81 bits per heavy atom. The fraction of sp³-hybridized carbons (Fsp3) is 0.944. The van der Waals surface area contributed by atoms with Gasteiger partial charge in [0.05, 0.1) is 13.2 Å². The first-order valence-corrected chi connectivity index (χ1v) is 8.21. The summed E-state index contributed by atoms with van der Waals surface area (Å²) in [5.41, 5.74) is 0.180. The third-order valence-corrected chi connectivity index (χ3v) is 5.21. The SMILES string of the molecule is COC(=O)CCC1CC(C(C)(C)C)C(O)C(C(C)(C)C)C1. The topological polar surface area (TPSA) is 46.5 Å². The van der Waals surface area contributed by atoms with E-state index in [1.165, 1.54) is 7.11 Å². The molecule has 0 aromatic rings. The van der Waals surface area contributed by atoms with E-state index in [1.54, 1.807) is 0 Å². The Kier molecular flexibility index (Phi) is 5.88. The van der Waals surface area contributed by atoms with Crippen molar-refractivity contribution in [2.45, 2.75) is 73.3 Å². The van der Waals surface area contributed by atoms with Gasteiger partial charge in [-0.05, 0) is 47.8 Å². The van der Waals surface area contributed by atoms with Crippen LogP contribution in [0.2, 0.25) is 0 Å². The molecule has 2 unspecified atom stereocenters. The third-order valence-electron chi connectivity index (χ3n) is 5.21. The van der Waals surface area contributed by atoms with Crippen molar-refractivity contribution in [2.24, 2.45) is 28.6 Å². The summed E-state index contributed by atoms with van der Waals surface area (Å²) < 4.78 is 4.76. The molecule has 0 saturated heterocycles. The molecule has 1 N–H and O–H groups in total. The van der Waals surface area contributed by atoms with E-state index in [-0.39, 0.29) is 34.7 Å². The Bertz CT molecular complexity index is 324. The minimum absolute atomic E-state index is 0.0901. The summed E-state index contributed by atoms with van der Waals surface area (Å²) in [5.74, 6) is 0.956. The number of carbonyl (C=O) groups is 1. The molecule has 0 heterocycles. The van der Waals surface area contributed by atoms with Crippen LogP contribution in [0.3, 0.4) is 0 Å². The van der Waals surface area contributed by atoms with Crippen LogP contribution in [0.5, 0.6) is 0 Å². The average molecular weight is 298 g/mol. The highest BCUT2D eigenvalue weighted by molar-refractivity contribution is 5.69. The third kappa shape index (κ3) is 4.98. The van der Waals surface area contributed by atoms with E-state index in [0.717, 1.165) is 19.3 Å². The highest BCUT2D eigenvalue weighted by atomic mass is 16.5. The second-order valence-electron chi connectivity index (χ2n) is 8.89. The number of ether oxygens (including phenoxy) is 1. The molecule has 0 aliphatic heterocycles. The number of hydrogen-bond donors (Lipinski definition) is 1. The van der Waals surface area contributed by atoms with Crippen LogP contribution < -0.4 is 0 Å². The summed E-state index contributed by atoms with van der Waals surface area (Å²) in [6.45, 7) is 13.3. The van der Waals surface area contributed by atoms with Crippen LogP contribution in [-0.4, -0.2) is 24.3 Å². The number of aliphatic hydroxyl groups is 1. The van der Waals surface area contributed by atoms with Gasteiger partial charge in [-0.1, -0.05) is 41.5 Å². The molecule has 0 aromatic heterocycles. The second kappa shape index (κ2) is 6.68. The molecular formula is C18H34O3. The van der Waals surface area contributed by atoms with Gasteiger partial charge in [-0.25, -0.2) is 0 Å². The van der Waals surface area contributed by atoms with Crippen LogP contribution in [0.25, 0.3) is 0 Å². The maximum atomic E-state index is 11.4. The molecule has 2 atom stereocenters. The summed E-state index contributed by atoms with van der Waals surface area (Å²) >= 11 is 0. The van der Waals surface area contributed by atoms with Gasteiger partial charge in [0.1, 0.15) is 0 Å². The lowest BCUT2D eigenvalue weighted by Gasteiger charge is -2.49. The predicted molar refractivity (Wildman–Crippen MR) is 85.9 cm³/mol. The molecule has 0 aromatic carbocycles. The predicted octanol–water partition coefficient (Wildman–Crippen LogP) is 4.04. The van der Waals surface area contributed by atoms with Gasteiger partial charge in [-0.3, -0.25) is 4.79 Å². The monoisotopic (exact) mass is 298 g/mol. The lowest BCUT2D eigenvalue weighted by molar-refractivity contribution is -0.141. The number of methoxy groups -OCH3 is 1. The molecule has 21 heavy (non-hydrogen) atoms. The molecule has 0 radical (unpaired) electrons. The van der Waals surface area contributed by atoms with E-state index >= 15 is 0 Å². The zero-order valence-corrected chi connectivity index (χ0v) is 14.9. The summed E-state index contributed by atoms with van der Waals surface area (Å²) in [6.07, 6.45) is 3.13. The van der Waals surface area contributed by atoms with Crippen LogP contribution in [0.15, 0.2) is 0 Å². The molecule has 0 bridgehead atoms. The lowest BCUT2D eigenvalue weighted by Crippen LogP contribution is -2.47. The zero-order chi connectivity index (χ0) is 16.4. The van der Waals surface area contributed by atoms with Crippen molar-refractivity contribution in [3.05, 3.63) is 0 Å². The van der Waals surface area contributed by atoms with Crippen LogP contribution in [-0.2, 0) is 9.53 Å². The van der Waals surface area contributed by atoms with E-state index in [0.29, 0.717) is 12.3 Å². The molecule has 1 saturated carbocycles. The maximum Gasteiger partial charge on any atom is 0.305 e. The van der Waals surface area contributed by atoms with Gasteiger partial charge in [0.2, 0.25) is 0 Å². The Hall–Kier alpha value is -0.570. The summed E-state index contributed by atoms with van der Waals surface area (Å²) in [5, 5.41) is 10.8. The van der Waals surface area contributed by atoms with Gasteiger partial charge in [-0.2, -0.15) is 0 Å². The minimum Gasteiger partial charge on any atom is -0.469 e. The number of rotatable bonds is 3. The Labute approximate surface area is 130 Å². The van der Waals surface area contributed by atoms with Crippen molar-refractivity contribution >= 4 is 5.97 Å². The van der Waals surface area contributed by atoms with Crippen molar-refractivity contribution in [2.75, 3.05) is 7.11 Å². The number of aliphatic hydroxyl groups excluding tert-OH is 1. The molecular weight excluding hydrogens is 264 g/mol. The largest absolute Gasteiger partial charge is 0.469 e. The Morgan fingerprint density at radius 1 is 1.05 bits per heavy atom. The quantitative estimate of drug-likeness (QED) is 0.800. The normalized spacial score (nSPS) is 31.0. The lowest BCUT2D eigenvalue weighted by atomic mass is 9.58. The van der Waals surface area contributed by atoms with Crippen molar-refractivity contribution in [1.29, 1.82) is 0 Å². The first-order valence-electron chi connectivity index (χ1n) is 8.21. The maximum absolute atomic E-state index is 11.4. The molecule has 0 spiro atoms. The Morgan fingerprint density at radius 2 is 1.48 bits per heavy atom. The van der Waals surface area contributed by atoms with Crippen molar-refractivity contribution in [3.8, 4) is 0 Å². The van der Waals surface area contributed by atoms with Crippen molar-refractivity contribution < 1.29 is 14.6 Å². The fourth-order valence-corrected chi connectivity index (χ4v) is 3.77. The molecule has 1 fully saturated rings. The van der Waals surface area contributed by atoms with Crippen LogP contribution in [0.4, 0.5) is 0 Å². The van der Waals surface area contributed by atoms with Gasteiger partial charge in [0.25, 0.3) is 0 Å². The highest BCUT2D eigenvalue weighted by Crippen LogP contribution is 2.49. The summed E-state index contributed by atoms with van der Waals surface area (Å²) in [4.78, 5) is 11.4. The van der Waals surface area contributed by atoms with E-state index in [4.69, 9.17) is 4.74 Å². The molecule has 1 rings (SSSR count).